The van der Waals surface area contributed by atoms with Crippen LogP contribution < -0.4 is 10.5 Å². The zero-order valence-corrected chi connectivity index (χ0v) is 13.2. The van der Waals surface area contributed by atoms with Gasteiger partial charge in [-0.15, -0.1) is 0 Å². The number of nitrogens with zero attached hydrogens (tertiary/aromatic N) is 1. The van der Waals surface area contributed by atoms with Crippen molar-refractivity contribution >= 4 is 17.2 Å². The highest BCUT2D eigenvalue weighted by molar-refractivity contribution is 7.80. The third-order valence-electron chi connectivity index (χ3n) is 4.12. The number of thiocarbonyl (C=S) groups is 1. The van der Waals surface area contributed by atoms with Crippen LogP contribution in [0.25, 0.3) is 0 Å². The van der Waals surface area contributed by atoms with Gasteiger partial charge in [0.1, 0.15) is 10.7 Å². The average molecular weight is 292 g/mol. The summed E-state index contributed by atoms with van der Waals surface area (Å²) >= 11 is 5.04. The fraction of sp³-hybridized carbons (Fsp3) is 0.562. The van der Waals surface area contributed by atoms with Gasteiger partial charge in [-0.05, 0) is 43.0 Å². The first kappa shape index (κ1) is 15.3. The van der Waals surface area contributed by atoms with Crippen LogP contribution in [0.1, 0.15) is 37.3 Å². The van der Waals surface area contributed by atoms with Crippen LogP contribution in [0.4, 0.5) is 0 Å². The maximum atomic E-state index is 5.70. The molecule has 0 aliphatic carbocycles. The van der Waals surface area contributed by atoms with Crippen molar-refractivity contribution in [2.75, 3.05) is 20.2 Å². The van der Waals surface area contributed by atoms with E-state index in [4.69, 9.17) is 22.7 Å². The van der Waals surface area contributed by atoms with Crippen molar-refractivity contribution in [3.05, 3.63) is 29.3 Å². The van der Waals surface area contributed by atoms with Crippen molar-refractivity contribution in [2.45, 2.75) is 32.7 Å². The zero-order chi connectivity index (χ0) is 14.5. The fourth-order valence-corrected chi connectivity index (χ4v) is 3.09. The van der Waals surface area contributed by atoms with Crippen LogP contribution in [0.5, 0.6) is 5.75 Å². The van der Waals surface area contributed by atoms with E-state index in [-0.39, 0.29) is 0 Å². The number of hydrogen-bond donors (Lipinski definition) is 1. The zero-order valence-electron chi connectivity index (χ0n) is 12.4. The lowest BCUT2D eigenvalue weighted by Crippen LogP contribution is -2.34. The first-order valence-corrected chi connectivity index (χ1v) is 7.74. The first-order valence-electron chi connectivity index (χ1n) is 7.33. The lowest BCUT2D eigenvalue weighted by molar-refractivity contribution is 0.164. The summed E-state index contributed by atoms with van der Waals surface area (Å²) in [6.07, 6.45) is 3.96. The second-order valence-electron chi connectivity index (χ2n) is 5.55. The molecule has 0 amide bonds. The predicted molar refractivity (Wildman–Crippen MR) is 87.2 cm³/mol. The third-order valence-corrected chi connectivity index (χ3v) is 4.34. The highest BCUT2D eigenvalue weighted by Gasteiger charge is 2.18. The van der Waals surface area contributed by atoms with Crippen molar-refractivity contribution in [2.24, 2.45) is 11.7 Å². The highest BCUT2D eigenvalue weighted by Crippen LogP contribution is 2.24. The Morgan fingerprint density at radius 1 is 1.50 bits per heavy atom. The van der Waals surface area contributed by atoms with Gasteiger partial charge in [0.15, 0.2) is 0 Å². The van der Waals surface area contributed by atoms with Gasteiger partial charge >= 0.3 is 0 Å². The number of piperidine rings is 1. The molecular formula is C16H24N2OS. The molecular weight excluding hydrogens is 268 g/mol. The molecule has 1 aliphatic heterocycles. The number of rotatable bonds is 5. The van der Waals surface area contributed by atoms with Crippen LogP contribution in [-0.4, -0.2) is 30.1 Å². The molecule has 1 aliphatic rings. The van der Waals surface area contributed by atoms with Crippen LogP contribution in [0.3, 0.4) is 0 Å². The van der Waals surface area contributed by atoms with Crippen molar-refractivity contribution in [1.82, 2.24) is 4.90 Å². The summed E-state index contributed by atoms with van der Waals surface area (Å²) < 4.78 is 5.39. The van der Waals surface area contributed by atoms with E-state index in [9.17, 15) is 0 Å². The summed E-state index contributed by atoms with van der Waals surface area (Å²) in [6.45, 7) is 5.66. The largest absolute Gasteiger partial charge is 0.496 e. The van der Waals surface area contributed by atoms with Gasteiger partial charge in [-0.2, -0.15) is 0 Å². The lowest BCUT2D eigenvalue weighted by atomic mass is 9.95. The van der Waals surface area contributed by atoms with Gasteiger partial charge < -0.3 is 10.5 Å². The van der Waals surface area contributed by atoms with Crippen molar-refractivity contribution in [3.8, 4) is 5.75 Å². The van der Waals surface area contributed by atoms with Gasteiger partial charge in [-0.3, -0.25) is 4.90 Å². The Hall–Kier alpha value is -1.13. The molecule has 20 heavy (non-hydrogen) atoms. The van der Waals surface area contributed by atoms with Crippen LogP contribution in [0.2, 0.25) is 0 Å². The Morgan fingerprint density at radius 3 is 2.95 bits per heavy atom. The minimum atomic E-state index is 0.386. The summed E-state index contributed by atoms with van der Waals surface area (Å²) in [4.78, 5) is 2.92. The van der Waals surface area contributed by atoms with E-state index >= 15 is 0 Å². The van der Waals surface area contributed by atoms with Crippen LogP contribution in [0, 0.1) is 5.92 Å². The average Bonchev–Trinajstić information content (AvgIpc) is 2.47. The lowest BCUT2D eigenvalue weighted by Gasteiger charge is -2.32. The maximum absolute atomic E-state index is 5.70. The predicted octanol–water partition coefficient (Wildman–Crippen LogP) is 2.95. The molecule has 2 N–H and O–H groups in total. The summed E-state index contributed by atoms with van der Waals surface area (Å²) in [5.41, 5.74) is 7.78. The summed E-state index contributed by atoms with van der Waals surface area (Å²) in [6, 6.07) is 6.13. The molecule has 1 saturated heterocycles. The molecule has 110 valence electrons. The van der Waals surface area contributed by atoms with Gasteiger partial charge in [0.25, 0.3) is 0 Å². The smallest absolute Gasteiger partial charge is 0.129 e. The number of nitrogens with two attached hydrogens (primary N) is 1. The molecule has 4 heteroatoms. The molecule has 0 spiro atoms. The second-order valence-corrected chi connectivity index (χ2v) is 5.99. The molecule has 0 saturated carbocycles. The Bertz CT molecular complexity index is 476. The second kappa shape index (κ2) is 7.04. The Kier molecular flexibility index (Phi) is 5.38. The molecule has 1 atom stereocenters. The van der Waals surface area contributed by atoms with Crippen molar-refractivity contribution in [3.63, 3.8) is 0 Å². The number of benzene rings is 1. The molecule has 1 aromatic carbocycles. The molecule has 1 aromatic rings. The van der Waals surface area contributed by atoms with Crippen LogP contribution in [0.15, 0.2) is 18.2 Å². The van der Waals surface area contributed by atoms with Crippen molar-refractivity contribution in [1.29, 1.82) is 0 Å². The van der Waals surface area contributed by atoms with Crippen LogP contribution >= 0.6 is 12.2 Å². The van der Waals surface area contributed by atoms with Gasteiger partial charge in [-0.25, -0.2) is 0 Å². The molecule has 0 radical (unpaired) electrons. The molecule has 1 heterocycles. The third kappa shape index (κ3) is 3.70. The van der Waals surface area contributed by atoms with E-state index in [2.05, 4.69) is 24.0 Å². The first-order chi connectivity index (χ1) is 9.63. The summed E-state index contributed by atoms with van der Waals surface area (Å²) in [7, 11) is 1.66. The van der Waals surface area contributed by atoms with E-state index in [0.717, 1.165) is 23.8 Å². The van der Waals surface area contributed by atoms with Gasteiger partial charge in [0.2, 0.25) is 0 Å². The molecule has 3 nitrogen and oxygen atoms in total. The Balaban J connectivity index is 2.07. The molecule has 1 unspecified atom stereocenters. The summed E-state index contributed by atoms with van der Waals surface area (Å²) in [5, 5.41) is 0. The van der Waals surface area contributed by atoms with Gasteiger partial charge in [0, 0.05) is 13.1 Å². The summed E-state index contributed by atoms with van der Waals surface area (Å²) in [5.74, 6) is 1.63. The van der Waals surface area contributed by atoms with Gasteiger partial charge in [-0.1, -0.05) is 31.6 Å². The standard InChI is InChI=1S/C16H24N2OS/c1-3-12-5-4-8-18(10-12)11-13-6-7-14(16(17)20)15(9-13)19-2/h6-7,9,12H,3-5,8,10-11H2,1-2H3,(H2,17,20). The van der Waals surface area contributed by atoms with E-state index < -0.39 is 0 Å². The minimum Gasteiger partial charge on any atom is -0.496 e. The van der Waals surface area contributed by atoms with Crippen molar-refractivity contribution < 1.29 is 4.74 Å². The SMILES string of the molecule is CCC1CCCN(Cc2ccc(C(N)=S)c(OC)c2)C1. The Morgan fingerprint density at radius 2 is 2.30 bits per heavy atom. The quantitative estimate of drug-likeness (QED) is 0.847. The Labute approximate surface area is 127 Å². The molecule has 0 bridgehead atoms. The molecule has 2 rings (SSSR count). The monoisotopic (exact) mass is 292 g/mol. The molecule has 0 aromatic heterocycles. The van der Waals surface area contributed by atoms with E-state index in [0.29, 0.717) is 4.99 Å². The molecule has 1 fully saturated rings. The highest BCUT2D eigenvalue weighted by atomic mass is 32.1. The number of ether oxygens (including phenoxy) is 1. The normalized spacial score (nSPS) is 19.8. The van der Waals surface area contributed by atoms with Gasteiger partial charge in [0.05, 0.1) is 12.7 Å². The van der Waals surface area contributed by atoms with E-state index in [1.54, 1.807) is 7.11 Å². The number of likely N-dealkylation sites (tertiary alicyclic amines) is 1. The fourth-order valence-electron chi connectivity index (χ4n) is 2.92. The number of methoxy groups -OCH3 is 1. The maximum Gasteiger partial charge on any atom is 0.129 e. The number of hydrogen-bond acceptors (Lipinski definition) is 3. The van der Waals surface area contributed by atoms with E-state index in [1.807, 2.05) is 6.07 Å². The minimum absolute atomic E-state index is 0.386. The van der Waals surface area contributed by atoms with E-state index in [1.165, 1.54) is 37.9 Å². The van der Waals surface area contributed by atoms with Crippen LogP contribution in [-0.2, 0) is 6.54 Å². The topological polar surface area (TPSA) is 38.5 Å².